The molecule has 0 radical (unpaired) electrons. The first kappa shape index (κ1) is 15.5. The van der Waals surface area contributed by atoms with Gasteiger partial charge < -0.3 is 5.11 Å². The molecule has 2 rings (SSSR count). The third-order valence-electron chi connectivity index (χ3n) is 3.18. The summed E-state index contributed by atoms with van der Waals surface area (Å²) in [6, 6.07) is 9.41. The van der Waals surface area contributed by atoms with Crippen molar-refractivity contribution in [2.75, 3.05) is 13.6 Å². The van der Waals surface area contributed by atoms with Gasteiger partial charge in [0.25, 0.3) is 0 Å². The van der Waals surface area contributed by atoms with Gasteiger partial charge in [0.05, 0.1) is 6.10 Å². The van der Waals surface area contributed by atoms with Crippen molar-refractivity contribution in [3.8, 4) is 0 Å². The average Bonchev–Trinajstić information content (AvgIpc) is 2.44. The van der Waals surface area contributed by atoms with Crippen molar-refractivity contribution in [3.05, 3.63) is 71.0 Å². The van der Waals surface area contributed by atoms with E-state index in [0.29, 0.717) is 12.1 Å². The summed E-state index contributed by atoms with van der Waals surface area (Å²) >= 11 is 0. The molecule has 1 atom stereocenters. The van der Waals surface area contributed by atoms with Crippen LogP contribution in [0.1, 0.15) is 17.2 Å². The van der Waals surface area contributed by atoms with Crippen molar-refractivity contribution in [1.82, 2.24) is 4.90 Å². The number of likely N-dealkylation sites (N-methyl/N-ethyl adjacent to an activating group) is 1. The van der Waals surface area contributed by atoms with Gasteiger partial charge in [-0.2, -0.15) is 0 Å². The summed E-state index contributed by atoms with van der Waals surface area (Å²) < 4.78 is 38.8. The van der Waals surface area contributed by atoms with Gasteiger partial charge in [0.2, 0.25) is 0 Å². The molecule has 112 valence electrons. The van der Waals surface area contributed by atoms with Crippen LogP contribution < -0.4 is 0 Å². The van der Waals surface area contributed by atoms with Crippen LogP contribution in [0.2, 0.25) is 0 Å². The number of aliphatic hydroxyl groups is 1. The monoisotopic (exact) mass is 295 g/mol. The minimum absolute atomic E-state index is 0.252. The Morgan fingerprint density at radius 1 is 1.00 bits per heavy atom. The third kappa shape index (κ3) is 4.31. The van der Waals surface area contributed by atoms with Crippen LogP contribution in [0.5, 0.6) is 0 Å². The molecule has 0 heterocycles. The zero-order chi connectivity index (χ0) is 15.4. The van der Waals surface area contributed by atoms with E-state index in [-0.39, 0.29) is 12.4 Å². The molecule has 0 aromatic heterocycles. The Bertz CT molecular complexity index is 601. The van der Waals surface area contributed by atoms with Gasteiger partial charge in [0.15, 0.2) is 11.6 Å². The molecule has 0 bridgehead atoms. The van der Waals surface area contributed by atoms with Gasteiger partial charge >= 0.3 is 0 Å². The van der Waals surface area contributed by atoms with Gasteiger partial charge in [-0.15, -0.1) is 0 Å². The van der Waals surface area contributed by atoms with Crippen LogP contribution in [0.25, 0.3) is 0 Å². The summed E-state index contributed by atoms with van der Waals surface area (Å²) in [5.74, 6) is -2.22. The maximum Gasteiger partial charge on any atom is 0.159 e. The lowest BCUT2D eigenvalue weighted by Crippen LogP contribution is -2.24. The Kier molecular flexibility index (Phi) is 4.98. The van der Waals surface area contributed by atoms with Crippen LogP contribution in [0.15, 0.2) is 42.5 Å². The minimum Gasteiger partial charge on any atom is -0.387 e. The Morgan fingerprint density at radius 3 is 2.29 bits per heavy atom. The molecule has 0 fully saturated rings. The van der Waals surface area contributed by atoms with Crippen LogP contribution in [0.4, 0.5) is 13.2 Å². The van der Waals surface area contributed by atoms with E-state index < -0.39 is 17.7 Å². The van der Waals surface area contributed by atoms with Crippen LogP contribution in [-0.2, 0) is 6.54 Å². The smallest absolute Gasteiger partial charge is 0.159 e. The van der Waals surface area contributed by atoms with Crippen molar-refractivity contribution in [2.24, 2.45) is 0 Å². The number of hydrogen-bond acceptors (Lipinski definition) is 2. The Balaban J connectivity index is 1.96. The van der Waals surface area contributed by atoms with Crippen LogP contribution in [0.3, 0.4) is 0 Å². The lowest BCUT2D eigenvalue weighted by atomic mass is 10.1. The standard InChI is InChI=1S/C16H16F3NO/c1-20(9-11-2-5-13(17)6-3-11)10-16(21)12-4-7-14(18)15(19)8-12/h2-8,16,21H,9-10H2,1H3. The van der Waals surface area contributed by atoms with Crippen molar-refractivity contribution in [2.45, 2.75) is 12.6 Å². The van der Waals surface area contributed by atoms with Gasteiger partial charge in [-0.1, -0.05) is 18.2 Å². The first-order valence-electron chi connectivity index (χ1n) is 6.51. The zero-order valence-corrected chi connectivity index (χ0v) is 11.6. The number of aliphatic hydroxyl groups excluding tert-OH is 1. The van der Waals surface area contributed by atoms with Gasteiger partial charge in [-0.3, -0.25) is 4.90 Å². The van der Waals surface area contributed by atoms with E-state index in [4.69, 9.17) is 0 Å². The van der Waals surface area contributed by atoms with E-state index >= 15 is 0 Å². The fourth-order valence-electron chi connectivity index (χ4n) is 2.09. The van der Waals surface area contributed by atoms with E-state index in [1.807, 2.05) is 4.90 Å². The second kappa shape index (κ2) is 6.74. The predicted octanol–water partition coefficient (Wildman–Crippen LogP) is 3.27. The highest BCUT2D eigenvalue weighted by atomic mass is 19.2. The second-order valence-electron chi connectivity index (χ2n) is 5.01. The largest absolute Gasteiger partial charge is 0.387 e. The van der Waals surface area contributed by atoms with Gasteiger partial charge in [0.1, 0.15) is 5.82 Å². The van der Waals surface area contributed by atoms with E-state index in [1.54, 1.807) is 19.2 Å². The SMILES string of the molecule is CN(Cc1ccc(F)cc1)CC(O)c1ccc(F)c(F)c1. The maximum absolute atomic E-state index is 13.1. The van der Waals surface area contributed by atoms with Crippen LogP contribution in [0, 0.1) is 17.5 Å². The molecule has 2 aromatic rings. The van der Waals surface area contributed by atoms with E-state index in [9.17, 15) is 18.3 Å². The van der Waals surface area contributed by atoms with E-state index in [1.165, 1.54) is 18.2 Å². The molecule has 0 amide bonds. The van der Waals surface area contributed by atoms with Crippen molar-refractivity contribution in [1.29, 1.82) is 0 Å². The highest BCUT2D eigenvalue weighted by Crippen LogP contribution is 2.18. The number of nitrogens with zero attached hydrogens (tertiary/aromatic N) is 1. The molecule has 0 aliphatic heterocycles. The Morgan fingerprint density at radius 2 is 1.67 bits per heavy atom. The molecule has 2 nitrogen and oxygen atoms in total. The highest BCUT2D eigenvalue weighted by molar-refractivity contribution is 5.20. The number of halogens is 3. The van der Waals surface area contributed by atoms with Crippen molar-refractivity contribution >= 4 is 0 Å². The molecule has 0 aliphatic rings. The van der Waals surface area contributed by atoms with Crippen molar-refractivity contribution < 1.29 is 18.3 Å². The Labute approximate surface area is 121 Å². The molecule has 21 heavy (non-hydrogen) atoms. The second-order valence-corrected chi connectivity index (χ2v) is 5.01. The number of hydrogen-bond donors (Lipinski definition) is 1. The predicted molar refractivity (Wildman–Crippen MR) is 74.1 cm³/mol. The molecule has 0 saturated carbocycles. The third-order valence-corrected chi connectivity index (χ3v) is 3.18. The first-order valence-corrected chi connectivity index (χ1v) is 6.51. The summed E-state index contributed by atoms with van der Waals surface area (Å²) in [7, 11) is 1.78. The van der Waals surface area contributed by atoms with Gasteiger partial charge in [-0.25, -0.2) is 13.2 Å². The highest BCUT2D eigenvalue weighted by Gasteiger charge is 2.13. The van der Waals surface area contributed by atoms with E-state index in [0.717, 1.165) is 17.7 Å². The van der Waals surface area contributed by atoms with E-state index in [2.05, 4.69) is 0 Å². The molecule has 5 heteroatoms. The molecule has 1 unspecified atom stereocenters. The summed E-state index contributed by atoms with van der Waals surface area (Å²) in [5.41, 5.74) is 1.22. The zero-order valence-electron chi connectivity index (χ0n) is 11.6. The molecule has 1 N–H and O–H groups in total. The van der Waals surface area contributed by atoms with Gasteiger partial charge in [-0.05, 0) is 42.4 Å². The molecule has 2 aromatic carbocycles. The summed E-state index contributed by atoms with van der Waals surface area (Å²) in [5, 5.41) is 10.0. The molecular weight excluding hydrogens is 279 g/mol. The van der Waals surface area contributed by atoms with Crippen LogP contribution in [-0.4, -0.2) is 23.6 Å². The Hall–Kier alpha value is -1.85. The number of rotatable bonds is 5. The minimum atomic E-state index is -0.979. The average molecular weight is 295 g/mol. The maximum atomic E-state index is 13.1. The fourth-order valence-corrected chi connectivity index (χ4v) is 2.09. The van der Waals surface area contributed by atoms with Crippen molar-refractivity contribution in [3.63, 3.8) is 0 Å². The van der Waals surface area contributed by atoms with Gasteiger partial charge in [0, 0.05) is 13.1 Å². The summed E-state index contributed by atoms with van der Waals surface area (Å²) in [6.07, 6.45) is -0.925. The fraction of sp³-hybridized carbons (Fsp3) is 0.250. The molecule has 0 aliphatic carbocycles. The lowest BCUT2D eigenvalue weighted by molar-refractivity contribution is 0.123. The quantitative estimate of drug-likeness (QED) is 0.915. The summed E-state index contributed by atoms with van der Waals surface area (Å²) in [4.78, 5) is 1.82. The normalized spacial score (nSPS) is 12.7. The number of benzene rings is 2. The lowest BCUT2D eigenvalue weighted by Gasteiger charge is -2.21. The topological polar surface area (TPSA) is 23.5 Å². The first-order chi connectivity index (χ1) is 9.95. The molecule has 0 spiro atoms. The summed E-state index contributed by atoms with van der Waals surface area (Å²) in [6.45, 7) is 0.767. The molecular formula is C16H16F3NO. The van der Waals surface area contributed by atoms with Crippen LogP contribution >= 0.6 is 0 Å². The molecule has 0 saturated heterocycles.